The molecule has 0 aliphatic heterocycles. The fraction of sp³-hybridized carbons (Fsp3) is 0.0833. The van der Waals surface area contributed by atoms with Crippen molar-refractivity contribution in [2.75, 3.05) is 0 Å². The van der Waals surface area contributed by atoms with Crippen molar-refractivity contribution >= 4 is 17.3 Å². The predicted octanol–water partition coefficient (Wildman–Crippen LogP) is 3.40. The zero-order valence-corrected chi connectivity index (χ0v) is 10.4. The lowest BCUT2D eigenvalue weighted by atomic mass is 10.1. The van der Waals surface area contributed by atoms with Crippen molar-refractivity contribution in [1.29, 1.82) is 5.26 Å². The molecule has 0 fully saturated rings. The van der Waals surface area contributed by atoms with E-state index in [9.17, 15) is 18.0 Å². The Morgan fingerprint density at radius 1 is 1.30 bits per heavy atom. The molecule has 1 N–H and O–H groups in total. The van der Waals surface area contributed by atoms with Crippen LogP contribution in [0.2, 0.25) is 0 Å². The minimum atomic E-state index is -4.82. The summed E-state index contributed by atoms with van der Waals surface area (Å²) in [5, 5.41) is 17.4. The number of carboxylic acids is 1. The molecule has 0 bridgehead atoms. The van der Waals surface area contributed by atoms with Gasteiger partial charge >= 0.3 is 12.1 Å². The van der Waals surface area contributed by atoms with E-state index in [2.05, 4.69) is 4.98 Å². The molecule has 8 heteroatoms. The van der Waals surface area contributed by atoms with Crippen LogP contribution in [0, 0.1) is 11.3 Å². The van der Waals surface area contributed by atoms with Crippen molar-refractivity contribution in [2.24, 2.45) is 0 Å². The summed E-state index contributed by atoms with van der Waals surface area (Å²) in [6, 6.07) is 7.56. The Balaban J connectivity index is 2.53. The molecule has 0 unspecified atom stereocenters. The van der Waals surface area contributed by atoms with Gasteiger partial charge < -0.3 is 5.11 Å². The number of hydrogen-bond donors (Lipinski definition) is 1. The molecule has 0 saturated heterocycles. The van der Waals surface area contributed by atoms with E-state index < -0.39 is 22.7 Å². The van der Waals surface area contributed by atoms with Crippen molar-refractivity contribution in [3.63, 3.8) is 0 Å². The average molecular weight is 298 g/mol. The van der Waals surface area contributed by atoms with Gasteiger partial charge in [-0.2, -0.15) is 18.4 Å². The molecule has 2 aromatic rings. The number of aromatic nitrogens is 1. The lowest BCUT2D eigenvalue weighted by Crippen LogP contribution is -2.11. The van der Waals surface area contributed by atoms with Gasteiger partial charge in [0.25, 0.3) is 0 Å². The molecule has 4 nitrogen and oxygen atoms in total. The minimum absolute atomic E-state index is 0.0563. The van der Waals surface area contributed by atoms with E-state index >= 15 is 0 Å². The summed E-state index contributed by atoms with van der Waals surface area (Å²) in [4.78, 5) is 13.3. The normalized spacial score (nSPS) is 11.1. The summed E-state index contributed by atoms with van der Waals surface area (Å²) in [5.74, 6) is -1.67. The Morgan fingerprint density at radius 2 is 1.90 bits per heavy atom. The highest BCUT2D eigenvalue weighted by Crippen LogP contribution is 2.37. The number of nitrogens with zero attached hydrogens (tertiary/aromatic N) is 2. The Bertz CT molecular complexity index is 699. The van der Waals surface area contributed by atoms with Gasteiger partial charge in [-0.25, -0.2) is 9.78 Å². The highest BCUT2D eigenvalue weighted by Gasteiger charge is 2.39. The molecular formula is C12H5F3N2O2S. The van der Waals surface area contributed by atoms with Gasteiger partial charge in [0, 0.05) is 5.56 Å². The summed E-state index contributed by atoms with van der Waals surface area (Å²) in [6.45, 7) is 0. The third-order valence-corrected chi connectivity index (χ3v) is 3.44. The zero-order valence-electron chi connectivity index (χ0n) is 9.60. The number of halogens is 3. The van der Waals surface area contributed by atoms with Crippen LogP contribution in [-0.4, -0.2) is 16.1 Å². The quantitative estimate of drug-likeness (QED) is 0.922. The van der Waals surface area contributed by atoms with Crippen LogP contribution in [0.4, 0.5) is 13.2 Å². The Morgan fingerprint density at radius 3 is 2.30 bits per heavy atom. The second kappa shape index (κ2) is 4.94. The SMILES string of the molecule is N#Cc1ccc(-c2nc(C(F)(F)F)c(C(=O)O)s2)cc1. The molecule has 20 heavy (non-hydrogen) atoms. The zero-order chi connectivity index (χ0) is 14.9. The maximum atomic E-state index is 12.7. The van der Waals surface area contributed by atoms with Crippen LogP contribution in [0.3, 0.4) is 0 Å². The number of benzene rings is 1. The topological polar surface area (TPSA) is 74.0 Å². The number of nitriles is 1. The van der Waals surface area contributed by atoms with Gasteiger partial charge in [-0.05, 0) is 12.1 Å². The van der Waals surface area contributed by atoms with Gasteiger partial charge in [0.15, 0.2) is 5.69 Å². The first-order valence-corrected chi connectivity index (χ1v) is 5.96. The Hall–Kier alpha value is -2.40. The van der Waals surface area contributed by atoms with Gasteiger partial charge in [-0.15, -0.1) is 11.3 Å². The lowest BCUT2D eigenvalue weighted by Gasteiger charge is -2.02. The predicted molar refractivity (Wildman–Crippen MR) is 64.2 cm³/mol. The number of alkyl halides is 3. The first kappa shape index (κ1) is 14.0. The number of thiazole rings is 1. The monoisotopic (exact) mass is 298 g/mol. The van der Waals surface area contributed by atoms with E-state index in [4.69, 9.17) is 10.4 Å². The molecule has 1 aromatic heterocycles. The molecule has 1 heterocycles. The van der Waals surface area contributed by atoms with E-state index in [0.29, 0.717) is 22.5 Å². The van der Waals surface area contributed by atoms with Crippen LogP contribution in [0.5, 0.6) is 0 Å². The molecule has 0 aliphatic rings. The number of carbonyl (C=O) groups is 1. The molecule has 0 radical (unpaired) electrons. The smallest absolute Gasteiger partial charge is 0.435 e. The van der Waals surface area contributed by atoms with E-state index in [1.165, 1.54) is 24.3 Å². The van der Waals surface area contributed by atoms with E-state index in [-0.39, 0.29) is 5.01 Å². The number of rotatable bonds is 2. The molecule has 0 amide bonds. The van der Waals surface area contributed by atoms with Gasteiger partial charge in [0.1, 0.15) is 9.88 Å². The third kappa shape index (κ3) is 2.62. The maximum absolute atomic E-state index is 12.7. The summed E-state index contributed by atoms with van der Waals surface area (Å²) in [5.41, 5.74) is -0.735. The van der Waals surface area contributed by atoms with E-state index in [1.54, 1.807) is 0 Å². The molecule has 0 spiro atoms. The molecule has 1 aromatic carbocycles. The first-order valence-electron chi connectivity index (χ1n) is 5.15. The summed E-state index contributed by atoms with van der Waals surface area (Å²) < 4.78 is 38.1. The van der Waals surface area contributed by atoms with Gasteiger partial charge in [0.2, 0.25) is 0 Å². The van der Waals surface area contributed by atoms with Crippen molar-refractivity contribution in [2.45, 2.75) is 6.18 Å². The van der Waals surface area contributed by atoms with Crippen LogP contribution in [0.15, 0.2) is 24.3 Å². The second-order valence-electron chi connectivity index (χ2n) is 3.69. The molecular weight excluding hydrogens is 293 g/mol. The number of hydrogen-bond acceptors (Lipinski definition) is 4. The fourth-order valence-electron chi connectivity index (χ4n) is 1.47. The van der Waals surface area contributed by atoms with Crippen molar-refractivity contribution in [3.8, 4) is 16.6 Å². The largest absolute Gasteiger partial charge is 0.477 e. The van der Waals surface area contributed by atoms with Crippen LogP contribution in [-0.2, 0) is 6.18 Å². The minimum Gasteiger partial charge on any atom is -0.477 e. The summed E-state index contributed by atoms with van der Waals surface area (Å²) in [6.07, 6.45) is -4.82. The molecule has 0 atom stereocenters. The Labute approximate surface area is 114 Å². The molecule has 2 rings (SSSR count). The van der Waals surface area contributed by atoms with Gasteiger partial charge in [-0.1, -0.05) is 12.1 Å². The van der Waals surface area contributed by atoms with E-state index in [0.717, 1.165) is 0 Å². The Kier molecular flexibility index (Phi) is 3.46. The number of carboxylic acid groups (broad SMARTS) is 1. The second-order valence-corrected chi connectivity index (χ2v) is 4.69. The lowest BCUT2D eigenvalue weighted by molar-refractivity contribution is -0.141. The molecule has 0 aliphatic carbocycles. The molecule has 102 valence electrons. The van der Waals surface area contributed by atoms with E-state index in [1.807, 2.05) is 6.07 Å². The van der Waals surface area contributed by atoms with Crippen molar-refractivity contribution < 1.29 is 23.1 Å². The maximum Gasteiger partial charge on any atom is 0.435 e. The van der Waals surface area contributed by atoms with Crippen molar-refractivity contribution in [1.82, 2.24) is 4.98 Å². The van der Waals surface area contributed by atoms with Crippen LogP contribution >= 0.6 is 11.3 Å². The fourth-order valence-corrected chi connectivity index (χ4v) is 2.40. The first-order chi connectivity index (χ1) is 9.32. The third-order valence-electron chi connectivity index (χ3n) is 2.35. The summed E-state index contributed by atoms with van der Waals surface area (Å²) >= 11 is 0.447. The highest BCUT2D eigenvalue weighted by molar-refractivity contribution is 7.17. The molecule has 0 saturated carbocycles. The van der Waals surface area contributed by atoms with Crippen LogP contribution in [0.25, 0.3) is 10.6 Å². The highest BCUT2D eigenvalue weighted by atomic mass is 32.1. The summed E-state index contributed by atoms with van der Waals surface area (Å²) in [7, 11) is 0. The average Bonchev–Trinajstić information content (AvgIpc) is 2.84. The van der Waals surface area contributed by atoms with Gasteiger partial charge in [0.05, 0.1) is 11.6 Å². The standard InChI is InChI=1S/C12H5F3N2O2S/c13-12(14,15)9-8(11(18)19)20-10(17-9)7-3-1-6(5-16)2-4-7/h1-4H,(H,18,19). The van der Waals surface area contributed by atoms with Crippen molar-refractivity contribution in [3.05, 3.63) is 40.4 Å². The van der Waals surface area contributed by atoms with Crippen LogP contribution < -0.4 is 0 Å². The van der Waals surface area contributed by atoms with Crippen LogP contribution in [0.1, 0.15) is 20.9 Å². The number of aromatic carboxylic acids is 1. The van der Waals surface area contributed by atoms with Gasteiger partial charge in [-0.3, -0.25) is 0 Å².